The zero-order valence-electron chi connectivity index (χ0n) is 11.4. The van der Waals surface area contributed by atoms with E-state index in [9.17, 15) is 9.59 Å². The predicted molar refractivity (Wildman–Crippen MR) is 67.8 cm³/mol. The van der Waals surface area contributed by atoms with E-state index >= 15 is 0 Å². The lowest BCUT2D eigenvalue weighted by molar-refractivity contribution is -0.148. The number of carboxylic acids is 1. The molecule has 0 aromatic carbocycles. The van der Waals surface area contributed by atoms with Gasteiger partial charge in [0.25, 0.3) is 0 Å². The second-order valence-electron chi connectivity index (χ2n) is 4.64. The van der Waals surface area contributed by atoms with Crippen molar-refractivity contribution in [1.29, 1.82) is 0 Å². The van der Waals surface area contributed by atoms with Gasteiger partial charge in [-0.3, -0.25) is 4.79 Å². The van der Waals surface area contributed by atoms with Crippen molar-refractivity contribution in [1.82, 2.24) is 4.90 Å². The fourth-order valence-corrected chi connectivity index (χ4v) is 1.72. The third-order valence-corrected chi connectivity index (χ3v) is 3.34. The van der Waals surface area contributed by atoms with E-state index in [-0.39, 0.29) is 5.91 Å². The number of likely N-dealkylation sites (N-methyl/N-ethyl adjacent to an activating group) is 1. The first-order valence-corrected chi connectivity index (χ1v) is 6.42. The van der Waals surface area contributed by atoms with E-state index in [2.05, 4.69) is 13.8 Å². The first-order chi connectivity index (χ1) is 7.93. The molecule has 2 unspecified atom stereocenters. The number of hydrogen-bond donors (Lipinski definition) is 1. The van der Waals surface area contributed by atoms with Crippen molar-refractivity contribution in [2.24, 2.45) is 5.92 Å². The number of hydrogen-bond acceptors (Lipinski definition) is 2. The lowest BCUT2D eigenvalue weighted by Gasteiger charge is -2.24. The molecule has 4 nitrogen and oxygen atoms in total. The Morgan fingerprint density at radius 3 is 2.29 bits per heavy atom. The molecule has 0 aliphatic heterocycles. The third kappa shape index (κ3) is 5.71. The van der Waals surface area contributed by atoms with Crippen molar-refractivity contribution < 1.29 is 14.7 Å². The molecule has 0 aromatic heterocycles. The smallest absolute Gasteiger partial charge is 0.326 e. The number of nitrogens with zero attached hydrogens (tertiary/aromatic N) is 1. The van der Waals surface area contributed by atoms with Gasteiger partial charge in [0.1, 0.15) is 6.04 Å². The van der Waals surface area contributed by atoms with Crippen molar-refractivity contribution in [2.75, 3.05) is 7.05 Å². The van der Waals surface area contributed by atoms with E-state index in [1.54, 1.807) is 7.05 Å². The molecule has 4 heteroatoms. The van der Waals surface area contributed by atoms with Gasteiger partial charge in [-0.05, 0) is 19.3 Å². The highest BCUT2D eigenvalue weighted by Crippen LogP contribution is 2.18. The summed E-state index contributed by atoms with van der Waals surface area (Å²) in [5.41, 5.74) is 0. The first-order valence-electron chi connectivity index (χ1n) is 6.42. The van der Waals surface area contributed by atoms with Crippen LogP contribution in [0.15, 0.2) is 0 Å². The molecule has 0 spiro atoms. The molecule has 1 amide bonds. The van der Waals surface area contributed by atoms with Crippen LogP contribution in [0.2, 0.25) is 0 Å². The average Bonchev–Trinajstić information content (AvgIpc) is 2.31. The van der Waals surface area contributed by atoms with E-state index in [0.717, 1.165) is 25.7 Å². The minimum absolute atomic E-state index is 0.0668. The van der Waals surface area contributed by atoms with Gasteiger partial charge in [-0.1, -0.05) is 33.1 Å². The van der Waals surface area contributed by atoms with Crippen LogP contribution in [0.3, 0.4) is 0 Å². The lowest BCUT2D eigenvalue weighted by Crippen LogP contribution is -2.40. The van der Waals surface area contributed by atoms with Crippen molar-refractivity contribution >= 4 is 11.9 Å². The maximum atomic E-state index is 11.9. The quantitative estimate of drug-likeness (QED) is 0.712. The Balaban J connectivity index is 4.25. The van der Waals surface area contributed by atoms with Gasteiger partial charge < -0.3 is 10.0 Å². The molecule has 0 heterocycles. The highest BCUT2D eigenvalue weighted by atomic mass is 16.4. The fraction of sp³-hybridized carbons (Fsp3) is 0.846. The summed E-state index contributed by atoms with van der Waals surface area (Å²) in [6.07, 6.45) is 4.75. The van der Waals surface area contributed by atoms with Crippen molar-refractivity contribution in [3.63, 3.8) is 0 Å². The number of carbonyl (C=O) groups is 2. The topological polar surface area (TPSA) is 57.6 Å². The summed E-state index contributed by atoms with van der Waals surface area (Å²) in [6, 6.07) is -0.744. The molecule has 0 fully saturated rings. The van der Waals surface area contributed by atoms with Gasteiger partial charge in [0.2, 0.25) is 5.91 Å². The van der Waals surface area contributed by atoms with Crippen LogP contribution in [-0.2, 0) is 9.59 Å². The fourth-order valence-electron chi connectivity index (χ4n) is 1.72. The Bertz CT molecular complexity index is 253. The largest absolute Gasteiger partial charge is 0.480 e. The Kier molecular flexibility index (Phi) is 7.59. The Hall–Kier alpha value is -1.06. The minimum Gasteiger partial charge on any atom is -0.480 e. The number of carboxylic acid groups (broad SMARTS) is 1. The summed E-state index contributed by atoms with van der Waals surface area (Å²) < 4.78 is 0. The van der Waals surface area contributed by atoms with Crippen molar-refractivity contribution in [3.8, 4) is 0 Å². The summed E-state index contributed by atoms with van der Waals surface area (Å²) in [7, 11) is 1.56. The summed E-state index contributed by atoms with van der Waals surface area (Å²) in [6.45, 7) is 5.74. The van der Waals surface area contributed by atoms with Gasteiger partial charge in [-0.15, -0.1) is 0 Å². The van der Waals surface area contributed by atoms with Gasteiger partial charge in [0.15, 0.2) is 0 Å². The molecule has 0 radical (unpaired) electrons. The lowest BCUT2D eigenvalue weighted by atomic mass is 9.95. The monoisotopic (exact) mass is 243 g/mol. The van der Waals surface area contributed by atoms with Gasteiger partial charge in [-0.2, -0.15) is 0 Å². The highest BCUT2D eigenvalue weighted by molar-refractivity contribution is 5.83. The number of amides is 1. The van der Waals surface area contributed by atoms with E-state index in [4.69, 9.17) is 5.11 Å². The van der Waals surface area contributed by atoms with Crippen LogP contribution in [0.4, 0.5) is 0 Å². The molecular weight excluding hydrogens is 218 g/mol. The van der Waals surface area contributed by atoms with Crippen LogP contribution < -0.4 is 0 Å². The zero-order valence-corrected chi connectivity index (χ0v) is 11.4. The first kappa shape index (κ1) is 15.9. The minimum atomic E-state index is -0.956. The molecule has 0 saturated heterocycles. The van der Waals surface area contributed by atoms with E-state index in [1.807, 2.05) is 0 Å². The van der Waals surface area contributed by atoms with Crippen LogP contribution in [0.5, 0.6) is 0 Å². The van der Waals surface area contributed by atoms with E-state index in [0.29, 0.717) is 12.3 Å². The van der Waals surface area contributed by atoms with Crippen LogP contribution >= 0.6 is 0 Å². The molecule has 17 heavy (non-hydrogen) atoms. The maximum Gasteiger partial charge on any atom is 0.326 e. The number of rotatable bonds is 8. The number of unbranched alkanes of at least 4 members (excludes halogenated alkanes) is 1. The summed E-state index contributed by atoms with van der Waals surface area (Å²) in [5.74, 6) is -0.642. The van der Waals surface area contributed by atoms with Crippen LogP contribution in [0, 0.1) is 5.92 Å². The zero-order chi connectivity index (χ0) is 13.4. The van der Waals surface area contributed by atoms with Gasteiger partial charge in [0.05, 0.1) is 0 Å². The SMILES string of the molecule is CCCCC(CC)CC(=O)N(C)C(C)C(=O)O. The molecule has 0 bridgehead atoms. The molecule has 0 saturated carbocycles. The second kappa shape index (κ2) is 8.09. The Labute approximate surface area is 104 Å². The Morgan fingerprint density at radius 1 is 1.29 bits per heavy atom. The molecule has 0 aromatic rings. The van der Waals surface area contributed by atoms with Crippen molar-refractivity contribution in [3.05, 3.63) is 0 Å². The summed E-state index contributed by atoms with van der Waals surface area (Å²) >= 11 is 0. The highest BCUT2D eigenvalue weighted by Gasteiger charge is 2.23. The van der Waals surface area contributed by atoms with Gasteiger partial charge >= 0.3 is 5.97 Å². The molecular formula is C13H25NO3. The second-order valence-corrected chi connectivity index (χ2v) is 4.64. The summed E-state index contributed by atoms with van der Waals surface area (Å²) in [5, 5.41) is 8.84. The van der Waals surface area contributed by atoms with Crippen LogP contribution in [0.25, 0.3) is 0 Å². The van der Waals surface area contributed by atoms with E-state index < -0.39 is 12.0 Å². The summed E-state index contributed by atoms with van der Waals surface area (Å²) in [4.78, 5) is 24.0. The molecule has 100 valence electrons. The third-order valence-electron chi connectivity index (χ3n) is 3.34. The predicted octanol–water partition coefficient (Wildman–Crippen LogP) is 2.52. The Morgan fingerprint density at radius 2 is 1.88 bits per heavy atom. The average molecular weight is 243 g/mol. The molecule has 0 aliphatic rings. The molecule has 2 atom stereocenters. The molecule has 0 rings (SSSR count). The van der Waals surface area contributed by atoms with Crippen LogP contribution in [-0.4, -0.2) is 35.0 Å². The van der Waals surface area contributed by atoms with Gasteiger partial charge in [0, 0.05) is 13.5 Å². The van der Waals surface area contributed by atoms with Gasteiger partial charge in [-0.25, -0.2) is 4.79 Å². The number of carbonyl (C=O) groups excluding carboxylic acids is 1. The van der Waals surface area contributed by atoms with Crippen molar-refractivity contribution in [2.45, 2.75) is 58.9 Å². The molecule has 1 N–H and O–H groups in total. The standard InChI is InChI=1S/C13H25NO3/c1-5-7-8-11(6-2)9-12(15)14(4)10(3)13(16)17/h10-11H,5-9H2,1-4H3,(H,16,17). The van der Waals surface area contributed by atoms with Crippen LogP contribution in [0.1, 0.15) is 52.9 Å². The maximum absolute atomic E-state index is 11.9. The van der Waals surface area contributed by atoms with E-state index in [1.165, 1.54) is 11.8 Å². The number of aliphatic carboxylic acids is 1. The normalized spacial score (nSPS) is 14.1. The molecule has 0 aliphatic carbocycles.